The molecule has 1 fully saturated rings. The van der Waals surface area contributed by atoms with Gasteiger partial charge in [0.2, 0.25) is 5.91 Å². The summed E-state index contributed by atoms with van der Waals surface area (Å²) in [6.45, 7) is 2.14. The van der Waals surface area contributed by atoms with Gasteiger partial charge in [-0.3, -0.25) is 9.36 Å². The number of anilines is 1. The zero-order valence-electron chi connectivity index (χ0n) is 17.2. The Kier molecular flexibility index (Phi) is 6.26. The van der Waals surface area contributed by atoms with Crippen molar-refractivity contribution in [1.82, 2.24) is 14.5 Å². The molecule has 1 saturated heterocycles. The molecule has 11 nitrogen and oxygen atoms in total. The molecule has 0 aliphatic carbocycles. The third-order valence-corrected chi connectivity index (χ3v) is 5.22. The maximum atomic E-state index is 12.5. The van der Waals surface area contributed by atoms with Gasteiger partial charge in [-0.05, 0) is 29.2 Å². The molecule has 178 valence electrons. The molecule has 4 rings (SSSR count). The smallest absolute Gasteiger partial charge is 0.443 e. The zero-order valence-corrected chi connectivity index (χ0v) is 17.2. The molecular formula is C19H20F3N5O6. The first-order chi connectivity index (χ1) is 15.7. The molecule has 0 spiro atoms. The molecule has 33 heavy (non-hydrogen) atoms. The van der Waals surface area contributed by atoms with E-state index in [0.717, 1.165) is 5.69 Å². The van der Waals surface area contributed by atoms with E-state index in [0.29, 0.717) is 26.2 Å². The Morgan fingerprint density at radius 2 is 1.91 bits per heavy atom. The molecule has 0 bridgehead atoms. The van der Waals surface area contributed by atoms with Crippen molar-refractivity contribution in [2.24, 2.45) is 0 Å². The van der Waals surface area contributed by atoms with E-state index >= 15 is 0 Å². The van der Waals surface area contributed by atoms with E-state index < -0.39 is 17.4 Å². The average molecular weight is 471 g/mol. The van der Waals surface area contributed by atoms with Gasteiger partial charge >= 0.3 is 18.2 Å². The second-order valence-corrected chi connectivity index (χ2v) is 7.44. The normalized spacial score (nSPS) is 18.5. The Labute approximate surface area is 185 Å². The second kappa shape index (κ2) is 9.13. The van der Waals surface area contributed by atoms with E-state index in [4.69, 9.17) is 9.47 Å². The maximum absolute atomic E-state index is 12.5. The van der Waals surface area contributed by atoms with Gasteiger partial charge in [-0.15, -0.1) is 13.2 Å². The third kappa shape index (κ3) is 5.63. The molecule has 1 aromatic heterocycles. The van der Waals surface area contributed by atoms with Crippen LogP contribution in [0, 0.1) is 10.1 Å². The van der Waals surface area contributed by atoms with E-state index in [2.05, 4.69) is 9.72 Å². The summed E-state index contributed by atoms with van der Waals surface area (Å²) in [6, 6.07) is 5.72. The number of fused-ring (bicyclic) bond motifs is 1. The summed E-state index contributed by atoms with van der Waals surface area (Å²) >= 11 is 0. The van der Waals surface area contributed by atoms with Gasteiger partial charge in [0.05, 0.1) is 6.54 Å². The van der Waals surface area contributed by atoms with Crippen LogP contribution in [0.2, 0.25) is 0 Å². The van der Waals surface area contributed by atoms with Gasteiger partial charge in [0.1, 0.15) is 31.3 Å². The first-order valence-corrected chi connectivity index (χ1v) is 10.0. The highest BCUT2D eigenvalue weighted by molar-refractivity contribution is 5.77. The molecule has 0 N–H and O–H groups in total. The number of ether oxygens (including phenoxy) is 3. The second-order valence-electron chi connectivity index (χ2n) is 7.44. The first kappa shape index (κ1) is 22.6. The van der Waals surface area contributed by atoms with Crippen LogP contribution in [0.5, 0.6) is 11.8 Å². The third-order valence-electron chi connectivity index (χ3n) is 5.22. The molecule has 3 heterocycles. The van der Waals surface area contributed by atoms with Crippen LogP contribution in [-0.4, -0.2) is 77.1 Å². The van der Waals surface area contributed by atoms with E-state index in [-0.39, 0.29) is 43.2 Å². The van der Waals surface area contributed by atoms with Gasteiger partial charge in [0, 0.05) is 36.9 Å². The first-order valence-electron chi connectivity index (χ1n) is 10.0. The Morgan fingerprint density at radius 3 is 2.55 bits per heavy atom. The van der Waals surface area contributed by atoms with Gasteiger partial charge in [0.15, 0.2) is 0 Å². The number of benzene rings is 1. The number of imidazole rings is 1. The lowest BCUT2D eigenvalue weighted by molar-refractivity contribution is -0.389. The van der Waals surface area contributed by atoms with E-state index in [1.165, 1.54) is 22.9 Å². The molecule has 2 aromatic rings. The van der Waals surface area contributed by atoms with Gasteiger partial charge < -0.3 is 34.1 Å². The number of rotatable bonds is 6. The van der Waals surface area contributed by atoms with E-state index in [1.54, 1.807) is 17.0 Å². The van der Waals surface area contributed by atoms with Crippen molar-refractivity contribution < 1.29 is 37.1 Å². The monoisotopic (exact) mass is 471 g/mol. The number of carbonyl (C=O) groups is 1. The lowest BCUT2D eigenvalue weighted by Crippen LogP contribution is -2.50. The highest BCUT2D eigenvalue weighted by atomic mass is 19.4. The predicted molar refractivity (Wildman–Crippen MR) is 106 cm³/mol. The maximum Gasteiger partial charge on any atom is 0.573 e. The molecule has 2 aliphatic heterocycles. The number of hydrogen-bond acceptors (Lipinski definition) is 8. The number of hydrogen-bond donors (Lipinski definition) is 0. The van der Waals surface area contributed by atoms with Crippen molar-refractivity contribution in [3.8, 4) is 11.8 Å². The SMILES string of the molecule is O=C(CO[C@@H]1COc2nc([N+](=O)[O-])cn2C1)N1CCN(c2ccc(OC(F)(F)F)cc2)CC1. The van der Waals surface area contributed by atoms with Gasteiger partial charge in [-0.1, -0.05) is 0 Å². The fraction of sp³-hybridized carbons (Fsp3) is 0.474. The number of nitro groups is 1. The number of nitrogens with zero attached hydrogens (tertiary/aromatic N) is 5. The fourth-order valence-electron chi connectivity index (χ4n) is 3.61. The van der Waals surface area contributed by atoms with Crippen molar-refractivity contribution in [2.75, 3.05) is 44.3 Å². The predicted octanol–water partition coefficient (Wildman–Crippen LogP) is 1.82. The molecule has 14 heteroatoms. The summed E-state index contributed by atoms with van der Waals surface area (Å²) < 4.78 is 53.2. The van der Waals surface area contributed by atoms with Crippen LogP contribution in [0.1, 0.15) is 0 Å². The largest absolute Gasteiger partial charge is 0.573 e. The Morgan fingerprint density at radius 1 is 1.21 bits per heavy atom. The summed E-state index contributed by atoms with van der Waals surface area (Å²) in [4.78, 5) is 30.1. The summed E-state index contributed by atoms with van der Waals surface area (Å²) in [7, 11) is 0. The molecular weight excluding hydrogens is 451 g/mol. The van der Waals surface area contributed by atoms with Crippen molar-refractivity contribution in [3.05, 3.63) is 40.6 Å². The average Bonchev–Trinajstić information content (AvgIpc) is 3.21. The molecule has 0 saturated carbocycles. The zero-order chi connectivity index (χ0) is 23.6. The molecule has 1 aromatic carbocycles. The van der Waals surface area contributed by atoms with Gasteiger partial charge in [-0.25, -0.2) is 0 Å². The van der Waals surface area contributed by atoms with Crippen molar-refractivity contribution in [2.45, 2.75) is 19.0 Å². The minimum Gasteiger partial charge on any atom is -0.443 e. The van der Waals surface area contributed by atoms with Crippen molar-refractivity contribution >= 4 is 17.4 Å². The van der Waals surface area contributed by atoms with Crippen LogP contribution in [0.3, 0.4) is 0 Å². The number of halogens is 3. The van der Waals surface area contributed by atoms with Crippen LogP contribution in [0.15, 0.2) is 30.5 Å². The van der Waals surface area contributed by atoms with Gasteiger partial charge in [-0.2, -0.15) is 0 Å². The van der Waals surface area contributed by atoms with Crippen molar-refractivity contribution in [1.29, 1.82) is 0 Å². The highest BCUT2D eigenvalue weighted by Gasteiger charge is 2.31. The summed E-state index contributed by atoms with van der Waals surface area (Å²) in [5, 5.41) is 10.8. The molecule has 2 aliphatic rings. The number of amides is 1. The lowest BCUT2D eigenvalue weighted by Gasteiger charge is -2.36. The summed E-state index contributed by atoms with van der Waals surface area (Å²) in [5.74, 6) is -0.811. The van der Waals surface area contributed by atoms with Crippen LogP contribution in [0.25, 0.3) is 0 Å². The van der Waals surface area contributed by atoms with Crippen LogP contribution in [-0.2, 0) is 16.1 Å². The van der Waals surface area contributed by atoms with Crippen LogP contribution >= 0.6 is 0 Å². The lowest BCUT2D eigenvalue weighted by atomic mass is 10.2. The van der Waals surface area contributed by atoms with E-state index in [9.17, 15) is 28.1 Å². The Bertz CT molecular complexity index is 1000. The number of alkyl halides is 3. The highest BCUT2D eigenvalue weighted by Crippen LogP contribution is 2.26. The fourth-order valence-corrected chi connectivity index (χ4v) is 3.61. The number of piperazine rings is 1. The quantitative estimate of drug-likeness (QED) is 0.463. The molecule has 1 atom stereocenters. The number of aromatic nitrogens is 2. The topological polar surface area (TPSA) is 112 Å². The summed E-state index contributed by atoms with van der Waals surface area (Å²) in [6.07, 6.45) is -3.93. The minimum absolute atomic E-state index is 0.128. The minimum atomic E-state index is -4.74. The van der Waals surface area contributed by atoms with Crippen molar-refractivity contribution in [3.63, 3.8) is 0 Å². The molecule has 0 radical (unpaired) electrons. The van der Waals surface area contributed by atoms with Gasteiger partial charge in [0.25, 0.3) is 0 Å². The van der Waals surface area contributed by atoms with E-state index in [1.807, 2.05) is 4.90 Å². The van der Waals surface area contributed by atoms with Crippen LogP contribution < -0.4 is 14.4 Å². The standard InChI is InChI=1S/C19H20F3N5O6/c20-19(21,22)33-14-3-1-13(2-4-14)24-5-7-25(8-6-24)17(28)12-31-15-9-26-10-16(27(29)30)23-18(26)32-11-15/h1-4,10,15H,5-9,11-12H2/t15-/m0/s1. The molecule has 1 amide bonds. The Balaban J connectivity index is 1.22. The number of carbonyl (C=O) groups excluding carboxylic acids is 1. The van der Waals surface area contributed by atoms with Crippen LogP contribution in [0.4, 0.5) is 24.7 Å². The Hall–Kier alpha value is -3.55. The molecule has 0 unspecified atom stereocenters. The summed E-state index contributed by atoms with van der Waals surface area (Å²) in [5.41, 5.74) is 0.734.